The van der Waals surface area contributed by atoms with Crippen LogP contribution < -0.4 is 11.1 Å². The van der Waals surface area contributed by atoms with Gasteiger partial charge in [-0.2, -0.15) is 0 Å². The minimum absolute atomic E-state index is 0.0154. The minimum atomic E-state index is -1.13. The van der Waals surface area contributed by atoms with Crippen molar-refractivity contribution in [3.05, 3.63) is 77.0 Å². The summed E-state index contributed by atoms with van der Waals surface area (Å²) in [4.78, 5) is 48.0. The van der Waals surface area contributed by atoms with Crippen LogP contribution in [0.15, 0.2) is 65.9 Å². The van der Waals surface area contributed by atoms with Crippen molar-refractivity contribution in [1.29, 1.82) is 0 Å². The fourth-order valence-electron chi connectivity index (χ4n) is 3.58. The highest BCUT2D eigenvalue weighted by atomic mass is 32.2. The predicted molar refractivity (Wildman–Crippen MR) is 128 cm³/mol. The first-order valence-corrected chi connectivity index (χ1v) is 11.6. The Morgan fingerprint density at radius 2 is 1.86 bits per heavy atom. The molecule has 2 aliphatic heterocycles. The average Bonchev–Trinajstić information content (AvgIpc) is 2.86. The molecule has 0 saturated carbocycles. The molecule has 0 aliphatic carbocycles. The molecule has 4 rings (SSSR count). The standard InChI is InChI=1S/C16H17N3O4S.C8H8O3/c1-8-7-24-15-11(14(21)19(15)12(8)16(22)23)18-13(20)10(17)9-5-3-2-4-6-9;1-11-8(10)6-3-2-4-7(9)5-6/h2-6,10-11,15H,7,17H2,1H3,(H,18,20)(H,22,23);2-5,9H,1H3/t10-,11-,15-;/m1./s1. The number of carbonyl (C=O) groups is 4. The number of carbonyl (C=O) groups excluding carboxylic acids is 3. The third-order valence-electron chi connectivity index (χ3n) is 5.37. The number of nitrogens with zero attached hydrogens (tertiary/aromatic N) is 1. The maximum Gasteiger partial charge on any atom is 0.352 e. The van der Waals surface area contributed by atoms with E-state index >= 15 is 0 Å². The summed E-state index contributed by atoms with van der Waals surface area (Å²) in [5.41, 5.74) is 7.59. The number of hydrogen-bond acceptors (Lipinski definition) is 8. The second kappa shape index (κ2) is 11.1. The molecule has 2 aromatic rings. The molecule has 2 heterocycles. The monoisotopic (exact) mass is 499 g/mol. The third kappa shape index (κ3) is 5.64. The van der Waals surface area contributed by atoms with E-state index in [0.29, 0.717) is 22.5 Å². The van der Waals surface area contributed by atoms with Crippen molar-refractivity contribution in [2.75, 3.05) is 12.9 Å². The van der Waals surface area contributed by atoms with Crippen LogP contribution in [0.5, 0.6) is 5.75 Å². The Morgan fingerprint density at radius 1 is 1.17 bits per heavy atom. The summed E-state index contributed by atoms with van der Waals surface area (Å²) in [5, 5.41) is 20.5. The number of β-lactam (4-membered cyclic amide) rings is 1. The van der Waals surface area contributed by atoms with Crippen LogP contribution in [0.4, 0.5) is 0 Å². The molecule has 3 atom stereocenters. The highest BCUT2D eigenvalue weighted by Gasteiger charge is 2.53. The molecule has 2 amide bonds. The van der Waals surface area contributed by atoms with Crippen molar-refractivity contribution in [3.8, 4) is 5.75 Å². The molecule has 1 fully saturated rings. The maximum atomic E-state index is 12.3. The molecule has 0 aromatic heterocycles. The van der Waals surface area contributed by atoms with Gasteiger partial charge < -0.3 is 26.0 Å². The van der Waals surface area contributed by atoms with Gasteiger partial charge in [0, 0.05) is 5.75 Å². The molecule has 5 N–H and O–H groups in total. The van der Waals surface area contributed by atoms with Crippen molar-refractivity contribution < 1.29 is 34.1 Å². The Kier molecular flexibility index (Phi) is 8.15. The van der Waals surface area contributed by atoms with Gasteiger partial charge in [0.15, 0.2) is 0 Å². The molecule has 11 heteroatoms. The summed E-state index contributed by atoms with van der Waals surface area (Å²) in [5.74, 6) is -1.88. The van der Waals surface area contributed by atoms with Crippen LogP contribution in [-0.4, -0.2) is 63.1 Å². The maximum absolute atomic E-state index is 12.3. The van der Waals surface area contributed by atoms with E-state index in [0.717, 1.165) is 0 Å². The van der Waals surface area contributed by atoms with Gasteiger partial charge >= 0.3 is 11.9 Å². The lowest BCUT2D eigenvalue weighted by molar-refractivity contribution is -0.150. The van der Waals surface area contributed by atoms with Gasteiger partial charge in [0.05, 0.1) is 12.7 Å². The summed E-state index contributed by atoms with van der Waals surface area (Å²) in [6.45, 7) is 1.69. The first kappa shape index (κ1) is 25.8. The normalized spacial score (nSPS) is 19.4. The van der Waals surface area contributed by atoms with E-state index in [1.807, 2.05) is 6.07 Å². The first-order valence-electron chi connectivity index (χ1n) is 10.5. The Labute approximate surface area is 205 Å². The van der Waals surface area contributed by atoms with Crippen LogP contribution in [0.25, 0.3) is 0 Å². The van der Waals surface area contributed by atoms with Crippen molar-refractivity contribution in [3.63, 3.8) is 0 Å². The molecule has 2 aliphatic rings. The minimum Gasteiger partial charge on any atom is -0.508 e. The Hall–Kier alpha value is -3.83. The molecule has 35 heavy (non-hydrogen) atoms. The van der Waals surface area contributed by atoms with Gasteiger partial charge in [0.1, 0.15) is 28.9 Å². The second-order valence-electron chi connectivity index (χ2n) is 7.76. The number of nitrogens with one attached hydrogen (secondary N) is 1. The zero-order chi connectivity index (χ0) is 25.7. The van der Waals surface area contributed by atoms with E-state index in [1.54, 1.807) is 43.3 Å². The lowest BCUT2D eigenvalue weighted by atomic mass is 10.0. The number of ether oxygens (including phenoxy) is 1. The molecule has 0 bridgehead atoms. The van der Waals surface area contributed by atoms with Crippen LogP contribution in [0.2, 0.25) is 0 Å². The third-order valence-corrected chi connectivity index (χ3v) is 6.79. The van der Waals surface area contributed by atoms with E-state index in [2.05, 4.69) is 10.1 Å². The Morgan fingerprint density at radius 3 is 2.46 bits per heavy atom. The number of benzene rings is 2. The summed E-state index contributed by atoms with van der Waals surface area (Å²) in [7, 11) is 1.30. The number of rotatable bonds is 5. The Balaban J connectivity index is 0.000000261. The van der Waals surface area contributed by atoms with E-state index < -0.39 is 41.2 Å². The zero-order valence-electron chi connectivity index (χ0n) is 19.0. The molecular weight excluding hydrogens is 474 g/mol. The van der Waals surface area contributed by atoms with Gasteiger partial charge in [0.2, 0.25) is 5.91 Å². The number of phenolic OH excluding ortho intramolecular Hbond substituents is 1. The SMILES string of the molecule is CC1=C(C(=O)O)N2C(=O)[C@@H](NC(=O)[C@H](N)c3ccccc3)[C@H]2SC1.COC(=O)c1cccc(O)c1. The number of phenols is 1. The number of carboxylic acids is 1. The molecular formula is C24H25N3O7S. The number of aliphatic carboxylic acids is 1. The number of methoxy groups -OCH3 is 1. The van der Waals surface area contributed by atoms with Gasteiger partial charge in [-0.05, 0) is 36.3 Å². The number of esters is 1. The fraction of sp³-hybridized carbons (Fsp3) is 0.250. The largest absolute Gasteiger partial charge is 0.508 e. The van der Waals surface area contributed by atoms with Crippen molar-refractivity contribution >= 4 is 35.5 Å². The average molecular weight is 500 g/mol. The van der Waals surface area contributed by atoms with Crippen LogP contribution in [-0.2, 0) is 19.1 Å². The first-order chi connectivity index (χ1) is 16.6. The fourth-order valence-corrected chi connectivity index (χ4v) is 4.87. The van der Waals surface area contributed by atoms with Gasteiger partial charge in [0.25, 0.3) is 5.91 Å². The molecule has 0 spiro atoms. The van der Waals surface area contributed by atoms with Gasteiger partial charge in [-0.25, -0.2) is 9.59 Å². The predicted octanol–water partition coefficient (Wildman–Crippen LogP) is 1.62. The summed E-state index contributed by atoms with van der Waals surface area (Å²) in [6.07, 6.45) is 0. The summed E-state index contributed by atoms with van der Waals surface area (Å²) in [6, 6.07) is 13.2. The quantitative estimate of drug-likeness (QED) is 0.354. The lowest BCUT2D eigenvalue weighted by Gasteiger charge is -2.49. The molecule has 2 aromatic carbocycles. The van der Waals surface area contributed by atoms with Crippen LogP contribution in [0.3, 0.4) is 0 Å². The van der Waals surface area contributed by atoms with Crippen molar-refractivity contribution in [1.82, 2.24) is 10.2 Å². The number of thioether (sulfide) groups is 1. The summed E-state index contributed by atoms with van der Waals surface area (Å²) >= 11 is 1.43. The van der Waals surface area contributed by atoms with E-state index in [9.17, 15) is 24.3 Å². The number of hydrogen-bond donors (Lipinski definition) is 4. The highest BCUT2D eigenvalue weighted by Crippen LogP contribution is 2.40. The molecule has 10 nitrogen and oxygen atoms in total. The van der Waals surface area contributed by atoms with Crippen LogP contribution in [0.1, 0.15) is 28.9 Å². The molecule has 184 valence electrons. The second-order valence-corrected chi connectivity index (χ2v) is 8.87. The smallest absolute Gasteiger partial charge is 0.352 e. The highest BCUT2D eigenvalue weighted by molar-refractivity contribution is 8.00. The number of amides is 2. The van der Waals surface area contributed by atoms with Gasteiger partial charge in [-0.1, -0.05) is 36.4 Å². The molecule has 1 saturated heterocycles. The van der Waals surface area contributed by atoms with Crippen LogP contribution in [0, 0.1) is 0 Å². The zero-order valence-corrected chi connectivity index (χ0v) is 19.8. The molecule has 0 unspecified atom stereocenters. The number of aromatic hydroxyl groups is 1. The van der Waals surface area contributed by atoms with E-state index in [-0.39, 0.29) is 11.4 Å². The van der Waals surface area contributed by atoms with E-state index in [1.165, 1.54) is 35.9 Å². The number of carboxylic acid groups (broad SMARTS) is 1. The van der Waals surface area contributed by atoms with E-state index in [4.69, 9.17) is 10.8 Å². The van der Waals surface area contributed by atoms with Gasteiger partial charge in [-0.15, -0.1) is 11.8 Å². The number of fused-ring (bicyclic) bond motifs is 1. The van der Waals surface area contributed by atoms with Crippen molar-refractivity contribution in [2.24, 2.45) is 5.73 Å². The molecule has 0 radical (unpaired) electrons. The van der Waals surface area contributed by atoms with Crippen molar-refractivity contribution in [2.45, 2.75) is 24.4 Å². The Bertz CT molecular complexity index is 1170. The summed E-state index contributed by atoms with van der Waals surface area (Å²) < 4.78 is 4.44. The van der Waals surface area contributed by atoms with Gasteiger partial charge in [-0.3, -0.25) is 14.5 Å². The number of nitrogens with two attached hydrogens (primary N) is 1. The van der Waals surface area contributed by atoms with Crippen LogP contribution >= 0.6 is 11.8 Å². The topological polar surface area (TPSA) is 159 Å². The lowest BCUT2D eigenvalue weighted by Crippen LogP contribution is -2.71.